The number of hydrogen-bond donors (Lipinski definition) is 2. The molecule has 2 aliphatic heterocycles. The van der Waals surface area contributed by atoms with Crippen molar-refractivity contribution in [3.63, 3.8) is 0 Å². The number of piperidine rings is 1. The zero-order valence-electron chi connectivity index (χ0n) is 13.5. The molecule has 24 heavy (non-hydrogen) atoms. The Hall–Kier alpha value is -1.60. The maximum atomic E-state index is 14.1. The van der Waals surface area contributed by atoms with Gasteiger partial charge < -0.3 is 15.5 Å². The molecule has 0 aliphatic carbocycles. The summed E-state index contributed by atoms with van der Waals surface area (Å²) in [7, 11) is 0. The van der Waals surface area contributed by atoms with Gasteiger partial charge in [-0.05, 0) is 6.07 Å². The summed E-state index contributed by atoms with van der Waals surface area (Å²) >= 11 is 1.61. The molecule has 2 heterocycles. The first-order valence-electron chi connectivity index (χ1n) is 8.34. The number of benzene rings is 1. The fraction of sp³-hybridized carbons (Fsp3) is 0.529. The maximum absolute atomic E-state index is 14.1. The van der Waals surface area contributed by atoms with Crippen LogP contribution in [-0.4, -0.2) is 48.6 Å². The number of thioether (sulfide) groups is 1. The van der Waals surface area contributed by atoms with Crippen molar-refractivity contribution >= 4 is 23.6 Å². The van der Waals surface area contributed by atoms with E-state index in [9.17, 15) is 14.0 Å². The lowest BCUT2D eigenvalue weighted by molar-refractivity contribution is -0.898. The molecule has 2 aliphatic rings. The van der Waals surface area contributed by atoms with Gasteiger partial charge in [0.25, 0.3) is 5.91 Å². The van der Waals surface area contributed by atoms with E-state index >= 15 is 0 Å². The number of quaternary nitrogens is 1. The summed E-state index contributed by atoms with van der Waals surface area (Å²) in [5.74, 6) is 0.322. The van der Waals surface area contributed by atoms with Crippen molar-refractivity contribution in [1.82, 2.24) is 4.90 Å². The number of carbonyl (C=O) groups excluding carboxylic acids is 2. The van der Waals surface area contributed by atoms with Crippen LogP contribution < -0.4 is 10.6 Å². The second-order valence-corrected chi connectivity index (χ2v) is 7.62. The van der Waals surface area contributed by atoms with Gasteiger partial charge in [0.1, 0.15) is 11.2 Å². The summed E-state index contributed by atoms with van der Waals surface area (Å²) in [6.07, 6.45) is 1.48. The van der Waals surface area contributed by atoms with E-state index in [1.807, 2.05) is 0 Å². The normalized spacial score (nSPS) is 27.2. The van der Waals surface area contributed by atoms with Crippen LogP contribution in [0.5, 0.6) is 0 Å². The van der Waals surface area contributed by atoms with Gasteiger partial charge in [-0.15, -0.1) is 11.8 Å². The maximum Gasteiger partial charge on any atom is 0.278 e. The van der Waals surface area contributed by atoms with Crippen LogP contribution in [0.4, 0.5) is 4.39 Å². The minimum Gasteiger partial charge on any atom is -0.369 e. The summed E-state index contributed by atoms with van der Waals surface area (Å²) < 4.78 is 14.1. The Morgan fingerprint density at radius 2 is 2.00 bits per heavy atom. The Kier molecular flexibility index (Phi) is 5.40. The standard InChI is InChI=1S/C17H22FN3O2S/c18-14-4-2-1-3-13(14)17-21(9-10-24-17)15(22)11-20-7-5-12(6-8-20)16(19)23/h1-4,12,17H,5-11H2,(H2,19,23)/p+1/t17-/m0/s1. The largest absolute Gasteiger partial charge is 0.369 e. The molecule has 0 unspecified atom stereocenters. The van der Waals surface area contributed by atoms with Crippen molar-refractivity contribution in [1.29, 1.82) is 0 Å². The van der Waals surface area contributed by atoms with Crippen molar-refractivity contribution in [3.8, 4) is 0 Å². The van der Waals surface area contributed by atoms with Gasteiger partial charge in [0.15, 0.2) is 6.54 Å². The molecule has 1 aromatic carbocycles. The van der Waals surface area contributed by atoms with Gasteiger partial charge in [0.05, 0.1) is 13.1 Å². The lowest BCUT2D eigenvalue weighted by Gasteiger charge is -2.30. The average Bonchev–Trinajstić information content (AvgIpc) is 3.05. The fourth-order valence-electron chi connectivity index (χ4n) is 3.46. The molecule has 1 atom stereocenters. The van der Waals surface area contributed by atoms with Gasteiger partial charge in [-0.1, -0.05) is 18.2 Å². The van der Waals surface area contributed by atoms with E-state index in [4.69, 9.17) is 5.73 Å². The average molecular weight is 352 g/mol. The van der Waals surface area contributed by atoms with Gasteiger partial charge in [-0.25, -0.2) is 4.39 Å². The van der Waals surface area contributed by atoms with Crippen LogP contribution in [0.3, 0.4) is 0 Å². The first-order valence-corrected chi connectivity index (χ1v) is 9.39. The Morgan fingerprint density at radius 3 is 2.67 bits per heavy atom. The van der Waals surface area contributed by atoms with Crippen molar-refractivity contribution in [2.45, 2.75) is 18.2 Å². The van der Waals surface area contributed by atoms with Gasteiger partial charge in [0.2, 0.25) is 5.91 Å². The number of carbonyl (C=O) groups is 2. The molecule has 5 nitrogen and oxygen atoms in total. The van der Waals surface area contributed by atoms with Gasteiger partial charge >= 0.3 is 0 Å². The van der Waals surface area contributed by atoms with Crippen LogP contribution in [0.15, 0.2) is 24.3 Å². The predicted octanol–water partition coefficient (Wildman–Crippen LogP) is 0.180. The Bertz CT molecular complexity index is 620. The number of nitrogens with zero attached hydrogens (tertiary/aromatic N) is 1. The predicted molar refractivity (Wildman–Crippen MR) is 90.8 cm³/mol. The molecule has 3 N–H and O–H groups in total. The number of halogens is 1. The van der Waals surface area contributed by atoms with Gasteiger partial charge in [-0.3, -0.25) is 9.59 Å². The van der Waals surface area contributed by atoms with E-state index in [2.05, 4.69) is 0 Å². The van der Waals surface area contributed by atoms with E-state index in [0.717, 1.165) is 31.7 Å². The van der Waals surface area contributed by atoms with Crippen molar-refractivity contribution < 1.29 is 18.9 Å². The van der Waals surface area contributed by atoms with Gasteiger partial charge in [-0.2, -0.15) is 0 Å². The monoisotopic (exact) mass is 352 g/mol. The third-order valence-corrected chi connectivity index (χ3v) is 6.12. The molecular formula is C17H23FN3O2S+. The van der Waals surface area contributed by atoms with Crippen LogP contribution in [0.1, 0.15) is 23.8 Å². The molecule has 7 heteroatoms. The van der Waals surface area contributed by atoms with Crippen LogP contribution in [0, 0.1) is 11.7 Å². The molecule has 0 aromatic heterocycles. The minimum atomic E-state index is -0.260. The summed E-state index contributed by atoms with van der Waals surface area (Å²) in [6, 6.07) is 6.66. The van der Waals surface area contributed by atoms with Crippen molar-refractivity contribution in [2.24, 2.45) is 11.7 Å². The molecule has 0 spiro atoms. The van der Waals surface area contributed by atoms with E-state index in [-0.39, 0.29) is 28.9 Å². The Labute approximate surface area is 145 Å². The van der Waals surface area contributed by atoms with Crippen LogP contribution in [0.25, 0.3) is 0 Å². The molecule has 0 saturated carbocycles. The van der Waals surface area contributed by atoms with E-state index in [1.54, 1.807) is 34.9 Å². The Balaban J connectivity index is 1.61. The highest BCUT2D eigenvalue weighted by molar-refractivity contribution is 7.99. The zero-order valence-corrected chi connectivity index (χ0v) is 14.4. The highest BCUT2D eigenvalue weighted by Gasteiger charge is 2.35. The minimum absolute atomic E-state index is 0.0563. The summed E-state index contributed by atoms with van der Waals surface area (Å²) in [5, 5.41) is -0.235. The summed E-state index contributed by atoms with van der Waals surface area (Å²) in [6.45, 7) is 2.62. The molecule has 2 amide bonds. The number of amides is 2. The molecule has 1 aromatic rings. The number of hydrogen-bond acceptors (Lipinski definition) is 3. The Morgan fingerprint density at radius 1 is 1.29 bits per heavy atom. The highest BCUT2D eigenvalue weighted by Crippen LogP contribution is 2.38. The van der Waals surface area contributed by atoms with E-state index in [1.165, 1.54) is 11.0 Å². The fourth-order valence-corrected chi connectivity index (χ4v) is 4.76. The molecule has 2 saturated heterocycles. The number of nitrogens with two attached hydrogens (primary N) is 1. The van der Waals surface area contributed by atoms with Crippen LogP contribution in [0.2, 0.25) is 0 Å². The molecule has 3 rings (SSSR count). The number of nitrogens with one attached hydrogen (secondary N) is 1. The second kappa shape index (κ2) is 7.53. The SMILES string of the molecule is NC(=O)C1CC[NH+](CC(=O)N2CCS[C@H]2c2ccccc2F)CC1. The zero-order chi connectivity index (χ0) is 17.1. The van der Waals surface area contributed by atoms with Crippen molar-refractivity contribution in [2.75, 3.05) is 31.9 Å². The van der Waals surface area contributed by atoms with E-state index in [0.29, 0.717) is 18.7 Å². The van der Waals surface area contributed by atoms with Crippen molar-refractivity contribution in [3.05, 3.63) is 35.6 Å². The van der Waals surface area contributed by atoms with E-state index < -0.39 is 0 Å². The lowest BCUT2D eigenvalue weighted by Crippen LogP contribution is -3.14. The summed E-state index contributed by atoms with van der Waals surface area (Å²) in [5.41, 5.74) is 5.93. The number of primary amides is 1. The topological polar surface area (TPSA) is 67.8 Å². The summed E-state index contributed by atoms with van der Waals surface area (Å²) in [4.78, 5) is 26.9. The first kappa shape index (κ1) is 17.2. The molecular weight excluding hydrogens is 329 g/mol. The smallest absolute Gasteiger partial charge is 0.278 e. The third-order valence-electron chi connectivity index (χ3n) is 4.88. The first-order chi connectivity index (χ1) is 11.6. The quantitative estimate of drug-likeness (QED) is 0.812. The highest BCUT2D eigenvalue weighted by atomic mass is 32.2. The molecule has 2 fully saturated rings. The van der Waals surface area contributed by atoms with Gasteiger partial charge in [0, 0.05) is 36.6 Å². The number of likely N-dealkylation sites (tertiary alicyclic amines) is 1. The van der Waals surface area contributed by atoms with Crippen LogP contribution in [-0.2, 0) is 9.59 Å². The number of rotatable bonds is 4. The molecule has 0 bridgehead atoms. The molecule has 0 radical (unpaired) electrons. The third kappa shape index (κ3) is 3.72. The second-order valence-electron chi connectivity index (χ2n) is 6.44. The molecule has 130 valence electrons. The lowest BCUT2D eigenvalue weighted by atomic mass is 9.96. The van der Waals surface area contributed by atoms with Crippen LogP contribution >= 0.6 is 11.8 Å².